The highest BCUT2D eigenvalue weighted by Crippen LogP contribution is 2.46. The van der Waals surface area contributed by atoms with Gasteiger partial charge in [-0.2, -0.15) is 0 Å². The molecule has 4 aliphatic carbocycles. The summed E-state index contributed by atoms with van der Waals surface area (Å²) in [5.74, 6) is -1.64. The van der Waals surface area contributed by atoms with Gasteiger partial charge in [-0.15, -0.1) is 0 Å². The van der Waals surface area contributed by atoms with Crippen LogP contribution in [0.1, 0.15) is 42.9 Å². The van der Waals surface area contributed by atoms with Crippen LogP contribution in [0.3, 0.4) is 0 Å². The summed E-state index contributed by atoms with van der Waals surface area (Å²) in [6, 6.07) is 4.77. The van der Waals surface area contributed by atoms with Crippen molar-refractivity contribution in [2.45, 2.75) is 38.1 Å². The monoisotopic (exact) mass is 492 g/mol. The second-order valence-corrected chi connectivity index (χ2v) is 9.68. The van der Waals surface area contributed by atoms with Crippen LogP contribution in [0.2, 0.25) is 5.15 Å². The normalized spacial score (nSPS) is 24.7. The molecule has 35 heavy (non-hydrogen) atoms. The molecule has 178 valence electrons. The lowest BCUT2D eigenvalue weighted by Crippen LogP contribution is -2.51. The quantitative estimate of drug-likeness (QED) is 0.538. The lowest BCUT2D eigenvalue weighted by atomic mass is 9.61. The fraction of sp³-hybridized carbons (Fsp3) is 0.360. The summed E-state index contributed by atoms with van der Waals surface area (Å²) in [6.45, 7) is 0. The Morgan fingerprint density at radius 3 is 2.60 bits per heavy atom. The van der Waals surface area contributed by atoms with E-state index in [2.05, 4.69) is 30.2 Å². The van der Waals surface area contributed by atoms with E-state index in [1.807, 2.05) is 6.08 Å². The maximum absolute atomic E-state index is 15.9. The van der Waals surface area contributed by atoms with Crippen molar-refractivity contribution in [3.63, 3.8) is 0 Å². The standard InChI is InChI=1S/C25H22ClFN6O2/c26-17-11-29-16-9-8-14(21(16)30-17)23-32-22(15-3-1-2-10-28-15)19(27)24(33-23)31-20-13-6-4-12(5-7-13)18(20)25(34)35/h1-3,8,10-13,18,20H,4-7,9H2,(H,34,35)(H,31,32,33)/t12?,13?,18-,20-/m0/s1. The minimum Gasteiger partial charge on any atom is -0.481 e. The van der Waals surface area contributed by atoms with E-state index < -0.39 is 23.7 Å². The summed E-state index contributed by atoms with van der Waals surface area (Å²) >= 11 is 6.09. The van der Waals surface area contributed by atoms with Gasteiger partial charge in [-0.05, 0) is 49.7 Å². The largest absolute Gasteiger partial charge is 0.481 e. The lowest BCUT2D eigenvalue weighted by molar-refractivity contribution is -0.148. The number of aliphatic carboxylic acids is 1. The number of rotatable bonds is 5. The molecule has 8 nitrogen and oxygen atoms in total. The van der Waals surface area contributed by atoms with E-state index in [4.69, 9.17) is 11.6 Å². The first-order chi connectivity index (χ1) is 17.0. The number of nitrogens with one attached hydrogen (secondary N) is 1. The molecule has 3 aromatic rings. The molecular weight excluding hydrogens is 471 g/mol. The number of halogens is 2. The molecule has 3 heterocycles. The predicted molar refractivity (Wildman–Crippen MR) is 127 cm³/mol. The molecule has 7 rings (SSSR count). The Balaban J connectivity index is 1.46. The van der Waals surface area contributed by atoms with Gasteiger partial charge in [0, 0.05) is 24.2 Å². The van der Waals surface area contributed by atoms with Crippen molar-refractivity contribution in [3.05, 3.63) is 64.9 Å². The van der Waals surface area contributed by atoms with Gasteiger partial charge in [0.25, 0.3) is 0 Å². The van der Waals surface area contributed by atoms with Gasteiger partial charge < -0.3 is 10.4 Å². The maximum Gasteiger partial charge on any atom is 0.308 e. The molecule has 0 aliphatic heterocycles. The van der Waals surface area contributed by atoms with Crippen LogP contribution in [0.15, 0.2) is 36.7 Å². The van der Waals surface area contributed by atoms with Gasteiger partial charge >= 0.3 is 5.97 Å². The van der Waals surface area contributed by atoms with E-state index in [1.54, 1.807) is 24.4 Å². The van der Waals surface area contributed by atoms with Crippen LogP contribution in [-0.4, -0.2) is 42.0 Å². The van der Waals surface area contributed by atoms with Crippen LogP contribution in [-0.2, 0) is 11.2 Å². The summed E-state index contributed by atoms with van der Waals surface area (Å²) in [7, 11) is 0. The number of anilines is 1. The molecule has 3 saturated carbocycles. The van der Waals surface area contributed by atoms with Gasteiger partial charge in [-0.3, -0.25) is 14.8 Å². The Bertz CT molecular complexity index is 1340. The molecule has 2 bridgehead atoms. The lowest BCUT2D eigenvalue weighted by Gasteiger charge is -2.47. The minimum atomic E-state index is -0.853. The van der Waals surface area contributed by atoms with Gasteiger partial charge in [-0.1, -0.05) is 23.7 Å². The molecule has 0 spiro atoms. The average molecular weight is 493 g/mol. The molecule has 10 heteroatoms. The van der Waals surface area contributed by atoms with Crippen molar-refractivity contribution in [1.82, 2.24) is 24.9 Å². The SMILES string of the molecule is O=C(O)[C@H]1C2CCC(CC2)[C@@H]1Nc1nc(C2=CCc3ncc(Cl)nc32)nc(-c2ccccn2)c1F. The smallest absolute Gasteiger partial charge is 0.308 e. The zero-order chi connectivity index (χ0) is 24.1. The number of hydrogen-bond acceptors (Lipinski definition) is 7. The van der Waals surface area contributed by atoms with Crippen molar-refractivity contribution in [2.24, 2.45) is 17.8 Å². The van der Waals surface area contributed by atoms with Gasteiger partial charge in [-0.25, -0.2) is 19.3 Å². The van der Waals surface area contributed by atoms with Crippen molar-refractivity contribution in [1.29, 1.82) is 0 Å². The van der Waals surface area contributed by atoms with Crippen LogP contribution in [0.25, 0.3) is 17.0 Å². The Hall–Kier alpha value is -3.46. The van der Waals surface area contributed by atoms with E-state index in [-0.39, 0.29) is 34.3 Å². The Kier molecular flexibility index (Phi) is 5.44. The predicted octanol–water partition coefficient (Wildman–Crippen LogP) is 4.41. The van der Waals surface area contributed by atoms with Gasteiger partial charge in [0.15, 0.2) is 17.5 Å². The van der Waals surface area contributed by atoms with Crippen molar-refractivity contribution in [3.8, 4) is 11.4 Å². The summed E-state index contributed by atoms with van der Waals surface area (Å²) < 4.78 is 15.9. The third kappa shape index (κ3) is 3.83. The highest BCUT2D eigenvalue weighted by molar-refractivity contribution is 6.29. The number of aromatic nitrogens is 5. The number of allylic oxidation sites excluding steroid dienone is 1. The van der Waals surface area contributed by atoms with Crippen LogP contribution in [0.4, 0.5) is 10.2 Å². The zero-order valence-corrected chi connectivity index (χ0v) is 19.4. The third-order valence-electron chi connectivity index (χ3n) is 7.38. The summed E-state index contributed by atoms with van der Waals surface area (Å²) in [4.78, 5) is 34.2. The molecule has 0 unspecified atom stereocenters. The van der Waals surface area contributed by atoms with Gasteiger partial charge in [0.1, 0.15) is 10.8 Å². The Morgan fingerprint density at radius 2 is 1.86 bits per heavy atom. The fourth-order valence-corrected chi connectivity index (χ4v) is 5.89. The molecule has 2 atom stereocenters. The summed E-state index contributed by atoms with van der Waals surface area (Å²) in [6.07, 6.45) is 9.10. The molecule has 0 saturated heterocycles. The Morgan fingerprint density at radius 1 is 1.06 bits per heavy atom. The topological polar surface area (TPSA) is 114 Å². The van der Waals surface area contributed by atoms with Crippen LogP contribution >= 0.6 is 11.6 Å². The van der Waals surface area contributed by atoms with E-state index in [0.29, 0.717) is 23.4 Å². The maximum atomic E-state index is 15.9. The van der Waals surface area contributed by atoms with E-state index >= 15 is 4.39 Å². The number of carboxylic acids is 1. The second kappa shape index (κ2) is 8.64. The molecule has 2 N–H and O–H groups in total. The highest BCUT2D eigenvalue weighted by atomic mass is 35.5. The fourth-order valence-electron chi connectivity index (χ4n) is 5.76. The van der Waals surface area contributed by atoms with Gasteiger partial charge in [0.2, 0.25) is 0 Å². The minimum absolute atomic E-state index is 0.0243. The van der Waals surface area contributed by atoms with E-state index in [1.165, 1.54) is 6.20 Å². The average Bonchev–Trinajstić information content (AvgIpc) is 3.29. The van der Waals surface area contributed by atoms with Crippen molar-refractivity contribution in [2.75, 3.05) is 5.32 Å². The number of hydrogen-bond donors (Lipinski definition) is 2. The first-order valence-corrected chi connectivity index (χ1v) is 12.1. The molecule has 4 aliphatic rings. The first-order valence-electron chi connectivity index (χ1n) is 11.7. The zero-order valence-electron chi connectivity index (χ0n) is 18.7. The number of pyridine rings is 1. The summed E-state index contributed by atoms with van der Waals surface area (Å²) in [5, 5.41) is 13.4. The number of carbonyl (C=O) groups is 1. The number of fused-ring (bicyclic) bond motifs is 4. The summed E-state index contributed by atoms with van der Waals surface area (Å²) in [5.41, 5.74) is 2.29. The van der Waals surface area contributed by atoms with Crippen LogP contribution < -0.4 is 5.32 Å². The molecule has 0 amide bonds. The van der Waals surface area contributed by atoms with Crippen molar-refractivity contribution >= 4 is 29.0 Å². The van der Waals surface area contributed by atoms with Crippen LogP contribution in [0.5, 0.6) is 0 Å². The molecule has 3 aromatic heterocycles. The molecule has 0 aromatic carbocycles. The molecule has 0 radical (unpaired) electrons. The highest BCUT2D eigenvalue weighted by Gasteiger charge is 2.47. The van der Waals surface area contributed by atoms with E-state index in [9.17, 15) is 9.90 Å². The number of carboxylic acid groups (broad SMARTS) is 1. The number of nitrogens with zero attached hydrogens (tertiary/aromatic N) is 5. The van der Waals surface area contributed by atoms with Crippen molar-refractivity contribution < 1.29 is 14.3 Å². The second-order valence-electron chi connectivity index (χ2n) is 9.29. The Labute approximate surface area is 205 Å². The van der Waals surface area contributed by atoms with Gasteiger partial charge in [0.05, 0.1) is 29.2 Å². The first kappa shape index (κ1) is 22.0. The van der Waals surface area contributed by atoms with E-state index in [0.717, 1.165) is 31.4 Å². The molecular formula is C25H22ClFN6O2. The van der Waals surface area contributed by atoms with Crippen LogP contribution in [0, 0.1) is 23.6 Å². The molecule has 3 fully saturated rings. The third-order valence-corrected chi connectivity index (χ3v) is 7.56.